The van der Waals surface area contributed by atoms with Crippen LogP contribution < -0.4 is 5.73 Å². The van der Waals surface area contributed by atoms with Crippen LogP contribution in [0.25, 0.3) is 32.7 Å². The summed E-state index contributed by atoms with van der Waals surface area (Å²) >= 11 is 1.91. The summed E-state index contributed by atoms with van der Waals surface area (Å²) in [6.45, 7) is 4.14. The average Bonchev–Trinajstić information content (AvgIpc) is 3.29. The summed E-state index contributed by atoms with van der Waals surface area (Å²) in [5, 5.41) is 0.853. The highest BCUT2D eigenvalue weighted by Gasteiger charge is 2.25. The van der Waals surface area contributed by atoms with Crippen LogP contribution in [0.3, 0.4) is 0 Å². The van der Waals surface area contributed by atoms with Crippen molar-refractivity contribution in [2.45, 2.75) is 30.9 Å². The third-order valence-corrected chi connectivity index (χ3v) is 8.26. The second kappa shape index (κ2) is 8.16. The lowest BCUT2D eigenvalue weighted by atomic mass is 10.0. The van der Waals surface area contributed by atoms with Crippen molar-refractivity contribution >= 4 is 49.8 Å². The van der Waals surface area contributed by atoms with Gasteiger partial charge in [0, 0.05) is 33.8 Å². The molecular formula is C20H20N4OS3. The number of anilines is 1. The fourth-order valence-electron chi connectivity index (χ4n) is 3.05. The van der Waals surface area contributed by atoms with E-state index in [0.29, 0.717) is 15.6 Å². The molecule has 1 unspecified atom stereocenters. The van der Waals surface area contributed by atoms with Gasteiger partial charge < -0.3 is 10.3 Å². The minimum atomic E-state index is -1.12. The number of hydrogen-bond donors (Lipinski definition) is 1. The van der Waals surface area contributed by atoms with E-state index in [1.165, 1.54) is 11.3 Å². The maximum atomic E-state index is 12.8. The number of unbranched alkanes of at least 4 members (excludes halogenated alkanes) is 1. The predicted molar refractivity (Wildman–Crippen MR) is 119 cm³/mol. The number of thiazole rings is 1. The minimum absolute atomic E-state index is 0.571. The number of pyridine rings is 2. The van der Waals surface area contributed by atoms with Gasteiger partial charge in [0.25, 0.3) is 0 Å². The van der Waals surface area contributed by atoms with E-state index in [1.54, 1.807) is 23.7 Å². The number of aromatic nitrogens is 3. The number of rotatable bonds is 6. The van der Waals surface area contributed by atoms with Gasteiger partial charge in [0.1, 0.15) is 16.3 Å². The number of thiophene rings is 1. The smallest absolute Gasteiger partial charge is 0.232 e. The molecule has 28 heavy (non-hydrogen) atoms. The summed E-state index contributed by atoms with van der Waals surface area (Å²) in [4.78, 5) is 15.5. The first kappa shape index (κ1) is 19.3. The van der Waals surface area contributed by atoms with Crippen LogP contribution in [0.15, 0.2) is 40.3 Å². The number of nitrogens with two attached hydrogens (primary N) is 1. The molecule has 0 saturated heterocycles. The zero-order chi connectivity index (χ0) is 19.7. The molecule has 5 nitrogen and oxygen atoms in total. The molecule has 0 saturated carbocycles. The summed E-state index contributed by atoms with van der Waals surface area (Å²) < 4.78 is 13.5. The van der Waals surface area contributed by atoms with E-state index in [4.69, 9.17) is 10.7 Å². The molecule has 0 aromatic carbocycles. The Balaban J connectivity index is 1.95. The third-order valence-electron chi connectivity index (χ3n) is 4.51. The first-order chi connectivity index (χ1) is 13.6. The Kier molecular flexibility index (Phi) is 5.63. The molecule has 8 heteroatoms. The average molecular weight is 429 g/mol. The molecular weight excluding hydrogens is 408 g/mol. The largest absolute Gasteiger partial charge is 0.611 e. The minimum Gasteiger partial charge on any atom is -0.611 e. The summed E-state index contributed by atoms with van der Waals surface area (Å²) in [5.74, 6) is 0.619. The number of hydrogen-bond acceptors (Lipinski definition) is 7. The van der Waals surface area contributed by atoms with Gasteiger partial charge in [-0.25, -0.2) is 9.97 Å². The highest BCUT2D eigenvalue weighted by Crippen LogP contribution is 2.44. The van der Waals surface area contributed by atoms with Gasteiger partial charge in [-0.15, -0.1) is 11.3 Å². The summed E-state index contributed by atoms with van der Waals surface area (Å²) in [7, 11) is 0. The van der Waals surface area contributed by atoms with Gasteiger partial charge in [-0.1, -0.05) is 24.7 Å². The van der Waals surface area contributed by atoms with Gasteiger partial charge in [0.2, 0.25) is 4.21 Å². The topological polar surface area (TPSA) is 87.8 Å². The lowest BCUT2D eigenvalue weighted by molar-refractivity contribution is 0.594. The first-order valence-corrected chi connectivity index (χ1v) is 12.0. The standard InChI is InChI=1S/C20H20N4OS3/c1-3-4-8-28(25)20-17(21)16-14(18-12(2)26-11-23-18)9-15(24-19(16)27-20)13-6-5-7-22-10-13/h5-7,9-11H,3-4,8,21H2,1-2H3. The molecule has 4 rings (SSSR count). The summed E-state index contributed by atoms with van der Waals surface area (Å²) in [6, 6.07) is 5.89. The Labute approximate surface area is 174 Å². The lowest BCUT2D eigenvalue weighted by Crippen LogP contribution is -2.06. The van der Waals surface area contributed by atoms with Crippen LogP contribution in [0.2, 0.25) is 0 Å². The van der Waals surface area contributed by atoms with Gasteiger partial charge in [0.15, 0.2) is 0 Å². The SMILES string of the molecule is CCCC[S+]([O-])c1sc2nc(-c3cccnc3)cc(-c3ncsc3C)c2c1N. The number of aryl methyl sites for hydroxylation is 1. The van der Waals surface area contributed by atoms with E-state index >= 15 is 0 Å². The predicted octanol–water partition coefficient (Wildman–Crippen LogP) is 5.28. The fraction of sp³-hybridized carbons (Fsp3) is 0.250. The second-order valence-corrected chi connectivity index (χ2v) is 10.3. The van der Waals surface area contributed by atoms with Crippen LogP contribution >= 0.6 is 22.7 Å². The van der Waals surface area contributed by atoms with Crippen molar-refractivity contribution in [2.75, 3.05) is 11.5 Å². The molecule has 0 aliphatic heterocycles. The van der Waals surface area contributed by atoms with E-state index < -0.39 is 11.2 Å². The van der Waals surface area contributed by atoms with E-state index in [-0.39, 0.29) is 0 Å². The maximum Gasteiger partial charge on any atom is 0.232 e. The number of nitrogens with zero attached hydrogens (tertiary/aromatic N) is 3. The Morgan fingerprint density at radius 2 is 2.18 bits per heavy atom. The van der Waals surface area contributed by atoms with Crippen molar-refractivity contribution in [1.29, 1.82) is 0 Å². The van der Waals surface area contributed by atoms with E-state index in [1.807, 2.05) is 30.6 Å². The number of nitrogen functional groups attached to an aromatic ring is 1. The molecule has 0 aliphatic rings. The molecule has 4 heterocycles. The maximum absolute atomic E-state index is 12.8. The van der Waals surface area contributed by atoms with Crippen molar-refractivity contribution in [3.05, 3.63) is 41.0 Å². The van der Waals surface area contributed by atoms with Gasteiger partial charge >= 0.3 is 0 Å². The van der Waals surface area contributed by atoms with Crippen LogP contribution in [-0.4, -0.2) is 25.3 Å². The van der Waals surface area contributed by atoms with E-state index in [9.17, 15) is 4.55 Å². The summed E-state index contributed by atoms with van der Waals surface area (Å²) in [6.07, 6.45) is 5.45. The van der Waals surface area contributed by atoms with Crippen LogP contribution in [0.1, 0.15) is 24.6 Å². The van der Waals surface area contributed by atoms with Gasteiger partial charge in [-0.3, -0.25) is 4.98 Å². The molecule has 144 valence electrons. The van der Waals surface area contributed by atoms with Gasteiger partial charge in [0.05, 0.1) is 16.9 Å². The molecule has 0 radical (unpaired) electrons. The molecule has 0 aliphatic carbocycles. The molecule has 0 bridgehead atoms. The molecule has 2 N–H and O–H groups in total. The van der Waals surface area contributed by atoms with E-state index in [2.05, 4.69) is 16.9 Å². The molecule has 1 atom stereocenters. The molecule has 0 fully saturated rings. The van der Waals surface area contributed by atoms with Crippen molar-refractivity contribution in [3.8, 4) is 22.5 Å². The number of fused-ring (bicyclic) bond motifs is 1. The van der Waals surface area contributed by atoms with Crippen LogP contribution in [-0.2, 0) is 11.2 Å². The zero-order valence-corrected chi connectivity index (χ0v) is 18.1. The van der Waals surface area contributed by atoms with Crippen LogP contribution in [0.4, 0.5) is 5.69 Å². The lowest BCUT2D eigenvalue weighted by Gasteiger charge is -2.09. The first-order valence-electron chi connectivity index (χ1n) is 9.02. The molecule has 4 aromatic rings. The Morgan fingerprint density at radius 3 is 2.86 bits per heavy atom. The Bertz CT molecular complexity index is 1110. The quantitative estimate of drug-likeness (QED) is 0.422. The van der Waals surface area contributed by atoms with Crippen molar-refractivity contribution in [3.63, 3.8) is 0 Å². The molecule has 0 amide bonds. The van der Waals surface area contributed by atoms with Crippen molar-refractivity contribution < 1.29 is 4.55 Å². The van der Waals surface area contributed by atoms with Crippen LogP contribution in [0, 0.1) is 6.92 Å². The van der Waals surface area contributed by atoms with Crippen molar-refractivity contribution in [2.24, 2.45) is 0 Å². The third kappa shape index (κ3) is 3.53. The molecule has 4 aromatic heterocycles. The van der Waals surface area contributed by atoms with E-state index in [0.717, 1.165) is 50.5 Å². The highest BCUT2D eigenvalue weighted by molar-refractivity contribution is 7.93. The van der Waals surface area contributed by atoms with Gasteiger partial charge in [-0.2, -0.15) is 0 Å². The molecule has 0 spiro atoms. The van der Waals surface area contributed by atoms with Gasteiger partial charge in [-0.05, 0) is 42.7 Å². The Hall–Kier alpha value is -2.00. The normalized spacial score (nSPS) is 12.5. The summed E-state index contributed by atoms with van der Waals surface area (Å²) in [5.41, 5.74) is 12.5. The Morgan fingerprint density at radius 1 is 1.32 bits per heavy atom. The highest BCUT2D eigenvalue weighted by atomic mass is 32.2. The monoisotopic (exact) mass is 428 g/mol. The van der Waals surface area contributed by atoms with Crippen molar-refractivity contribution in [1.82, 2.24) is 15.0 Å². The zero-order valence-electron chi connectivity index (χ0n) is 15.6. The second-order valence-electron chi connectivity index (χ2n) is 6.44. The van der Waals surface area contributed by atoms with Crippen LogP contribution in [0.5, 0.6) is 0 Å². The fourth-order valence-corrected chi connectivity index (χ4v) is 6.44.